The number of ether oxygens (including phenoxy) is 1. The molecule has 3 rings (SSSR count). The van der Waals surface area contributed by atoms with Gasteiger partial charge in [-0.3, -0.25) is 9.10 Å². The van der Waals surface area contributed by atoms with Crippen molar-refractivity contribution in [3.63, 3.8) is 0 Å². The molecule has 0 unspecified atom stereocenters. The smallest absolute Gasteiger partial charge is 0.265 e. The molecule has 0 radical (unpaired) electrons. The average molecular weight is 463 g/mol. The molecule has 0 aliphatic heterocycles. The van der Waals surface area contributed by atoms with E-state index in [2.05, 4.69) is 5.32 Å². The highest BCUT2D eigenvalue weighted by molar-refractivity contribution is 7.93. The zero-order valence-electron chi connectivity index (χ0n) is 16.8. The van der Waals surface area contributed by atoms with Crippen LogP contribution >= 0.6 is 11.6 Å². The monoisotopic (exact) mass is 462 g/mol. The van der Waals surface area contributed by atoms with Crippen LogP contribution in [0.1, 0.15) is 17.3 Å². The van der Waals surface area contributed by atoms with Gasteiger partial charge < -0.3 is 10.1 Å². The maximum atomic E-state index is 13.9. The van der Waals surface area contributed by atoms with E-state index in [4.69, 9.17) is 16.3 Å². The second-order valence-corrected chi connectivity index (χ2v) is 8.69. The van der Waals surface area contributed by atoms with Gasteiger partial charge in [0, 0.05) is 17.8 Å². The molecule has 0 fully saturated rings. The first-order valence-corrected chi connectivity index (χ1v) is 11.1. The topological polar surface area (TPSA) is 75.7 Å². The zero-order valence-corrected chi connectivity index (χ0v) is 18.4. The van der Waals surface area contributed by atoms with Crippen LogP contribution in [-0.2, 0) is 10.0 Å². The second kappa shape index (κ2) is 9.36. The molecule has 0 bridgehead atoms. The van der Waals surface area contributed by atoms with Crippen LogP contribution in [0.25, 0.3) is 0 Å². The van der Waals surface area contributed by atoms with Crippen molar-refractivity contribution in [2.24, 2.45) is 0 Å². The Labute approximate surface area is 185 Å². The highest BCUT2D eigenvalue weighted by atomic mass is 35.5. The van der Waals surface area contributed by atoms with Crippen LogP contribution < -0.4 is 14.4 Å². The molecule has 3 aromatic rings. The Morgan fingerprint density at radius 2 is 1.81 bits per heavy atom. The Kier molecular flexibility index (Phi) is 6.82. The third-order valence-electron chi connectivity index (χ3n) is 4.50. The summed E-state index contributed by atoms with van der Waals surface area (Å²) in [5.74, 6) is -1.28. The van der Waals surface area contributed by atoms with E-state index < -0.39 is 21.7 Å². The molecule has 0 aliphatic carbocycles. The summed E-state index contributed by atoms with van der Waals surface area (Å²) >= 11 is 6.19. The van der Waals surface area contributed by atoms with Crippen LogP contribution in [0.15, 0.2) is 71.6 Å². The molecule has 1 amide bonds. The van der Waals surface area contributed by atoms with Gasteiger partial charge in [-0.05, 0) is 55.5 Å². The summed E-state index contributed by atoms with van der Waals surface area (Å²) in [6, 6.07) is 16.5. The summed E-state index contributed by atoms with van der Waals surface area (Å²) in [7, 11) is -2.68. The highest BCUT2D eigenvalue weighted by Gasteiger charge is 2.26. The number of sulfonamides is 1. The average Bonchev–Trinajstić information content (AvgIpc) is 2.76. The van der Waals surface area contributed by atoms with Crippen molar-refractivity contribution in [2.45, 2.75) is 11.8 Å². The number of amides is 1. The minimum atomic E-state index is -4.00. The maximum Gasteiger partial charge on any atom is 0.265 e. The number of benzene rings is 3. The first kappa shape index (κ1) is 22.6. The van der Waals surface area contributed by atoms with Gasteiger partial charge in [-0.15, -0.1) is 0 Å². The minimum absolute atomic E-state index is 0.0111. The summed E-state index contributed by atoms with van der Waals surface area (Å²) in [6.45, 7) is 1.90. The molecule has 162 valence electrons. The summed E-state index contributed by atoms with van der Waals surface area (Å²) in [4.78, 5) is 12.4. The number of methoxy groups -OCH3 is 1. The van der Waals surface area contributed by atoms with E-state index in [1.165, 1.54) is 41.7 Å². The fourth-order valence-electron chi connectivity index (χ4n) is 2.99. The van der Waals surface area contributed by atoms with Crippen molar-refractivity contribution in [1.29, 1.82) is 0 Å². The van der Waals surface area contributed by atoms with E-state index >= 15 is 0 Å². The Morgan fingerprint density at radius 1 is 1.10 bits per heavy atom. The van der Waals surface area contributed by atoms with Gasteiger partial charge in [0.05, 0.1) is 17.8 Å². The number of para-hydroxylation sites is 1. The predicted octanol–water partition coefficient (Wildman–Crippen LogP) is 4.96. The van der Waals surface area contributed by atoms with Crippen LogP contribution in [0.5, 0.6) is 5.75 Å². The lowest BCUT2D eigenvalue weighted by Gasteiger charge is -2.23. The van der Waals surface area contributed by atoms with Crippen LogP contribution in [0.3, 0.4) is 0 Å². The highest BCUT2D eigenvalue weighted by Crippen LogP contribution is 2.31. The molecule has 0 atom stereocenters. The third-order valence-corrected chi connectivity index (χ3v) is 6.89. The number of hydrogen-bond acceptors (Lipinski definition) is 4. The number of nitrogens with one attached hydrogen (secondary N) is 1. The Morgan fingerprint density at radius 3 is 2.42 bits per heavy atom. The number of anilines is 2. The van der Waals surface area contributed by atoms with Gasteiger partial charge >= 0.3 is 0 Å². The van der Waals surface area contributed by atoms with Gasteiger partial charge in [-0.1, -0.05) is 29.8 Å². The summed E-state index contributed by atoms with van der Waals surface area (Å²) in [6.07, 6.45) is 0. The number of rotatable bonds is 7. The molecule has 0 saturated carbocycles. The van der Waals surface area contributed by atoms with Gasteiger partial charge in [-0.25, -0.2) is 12.8 Å². The molecule has 1 N–H and O–H groups in total. The summed E-state index contributed by atoms with van der Waals surface area (Å²) in [5, 5.41) is 2.59. The maximum absolute atomic E-state index is 13.9. The molecule has 0 saturated heterocycles. The quantitative estimate of drug-likeness (QED) is 0.538. The van der Waals surface area contributed by atoms with E-state index in [0.717, 1.165) is 6.07 Å². The Balaban J connectivity index is 1.92. The second-order valence-electron chi connectivity index (χ2n) is 6.45. The lowest BCUT2D eigenvalue weighted by atomic mass is 10.2. The van der Waals surface area contributed by atoms with Crippen molar-refractivity contribution >= 4 is 38.9 Å². The molecule has 0 aliphatic rings. The third kappa shape index (κ3) is 4.81. The number of carbonyl (C=O) groups is 1. The minimum Gasteiger partial charge on any atom is -0.494 e. The summed E-state index contributed by atoms with van der Waals surface area (Å²) in [5.41, 5.74) is 0.745. The largest absolute Gasteiger partial charge is 0.494 e. The van der Waals surface area contributed by atoms with E-state index in [0.29, 0.717) is 5.69 Å². The number of carbonyl (C=O) groups excluding carboxylic acids is 1. The number of hydrogen-bond donors (Lipinski definition) is 1. The molecule has 9 heteroatoms. The predicted molar refractivity (Wildman–Crippen MR) is 119 cm³/mol. The number of halogens is 2. The van der Waals surface area contributed by atoms with Crippen LogP contribution in [0.4, 0.5) is 15.8 Å². The fourth-order valence-corrected chi connectivity index (χ4v) is 4.97. The van der Waals surface area contributed by atoms with Crippen molar-refractivity contribution in [1.82, 2.24) is 0 Å². The molecule has 0 aromatic heterocycles. The van der Waals surface area contributed by atoms with Gasteiger partial charge in [-0.2, -0.15) is 0 Å². The molecular formula is C22H20ClFN2O4S. The normalized spacial score (nSPS) is 11.1. The van der Waals surface area contributed by atoms with Crippen molar-refractivity contribution in [3.05, 3.63) is 83.1 Å². The number of nitrogens with zero attached hydrogens (tertiary/aromatic N) is 1. The fraction of sp³-hybridized carbons (Fsp3) is 0.136. The first-order chi connectivity index (χ1) is 14.8. The summed E-state index contributed by atoms with van der Waals surface area (Å²) < 4.78 is 46.5. The van der Waals surface area contributed by atoms with Gasteiger partial charge in [0.15, 0.2) is 11.6 Å². The molecule has 3 aromatic carbocycles. The van der Waals surface area contributed by atoms with Gasteiger partial charge in [0.1, 0.15) is 4.90 Å². The lowest BCUT2D eigenvalue weighted by Crippen LogP contribution is -2.31. The van der Waals surface area contributed by atoms with E-state index in [1.54, 1.807) is 37.3 Å². The zero-order chi connectivity index (χ0) is 22.6. The van der Waals surface area contributed by atoms with E-state index in [9.17, 15) is 17.6 Å². The standard InChI is InChI=1S/C22H20ClFN2O4S/c1-3-26(17-7-5-4-6-8-17)31(28,29)21-14-16(10-11-18(21)23)25-22(27)15-9-12-20(30-2)19(24)13-15/h4-14H,3H2,1-2H3,(H,25,27). The van der Waals surface area contributed by atoms with E-state index in [1.807, 2.05) is 0 Å². The van der Waals surface area contributed by atoms with Gasteiger partial charge in [0.25, 0.3) is 15.9 Å². The first-order valence-electron chi connectivity index (χ1n) is 9.30. The molecule has 31 heavy (non-hydrogen) atoms. The Hall–Kier alpha value is -3.10. The van der Waals surface area contributed by atoms with Crippen molar-refractivity contribution < 1.29 is 22.3 Å². The van der Waals surface area contributed by atoms with Crippen molar-refractivity contribution in [2.75, 3.05) is 23.3 Å². The van der Waals surface area contributed by atoms with Crippen molar-refractivity contribution in [3.8, 4) is 5.75 Å². The Bertz CT molecular complexity index is 1200. The molecular weight excluding hydrogens is 443 g/mol. The van der Waals surface area contributed by atoms with Gasteiger partial charge in [0.2, 0.25) is 0 Å². The van der Waals surface area contributed by atoms with Crippen LogP contribution in [-0.4, -0.2) is 28.0 Å². The lowest BCUT2D eigenvalue weighted by molar-refractivity contribution is 0.102. The molecule has 0 spiro atoms. The van der Waals surface area contributed by atoms with E-state index in [-0.39, 0.29) is 33.5 Å². The van der Waals surface area contributed by atoms with Crippen LogP contribution in [0.2, 0.25) is 5.02 Å². The SMILES string of the molecule is CCN(c1ccccc1)S(=O)(=O)c1cc(NC(=O)c2ccc(OC)c(F)c2)ccc1Cl. The van der Waals surface area contributed by atoms with Crippen LogP contribution in [0, 0.1) is 5.82 Å². The molecule has 6 nitrogen and oxygen atoms in total. The molecule has 0 heterocycles.